The fraction of sp³-hybridized carbons (Fsp3) is 0.571. The Hall–Kier alpha value is -1.40. The highest BCUT2D eigenvalue weighted by atomic mass is 32.1. The van der Waals surface area contributed by atoms with E-state index in [0.717, 1.165) is 36.1 Å². The number of thiophene rings is 1. The number of ether oxygens (including phenoxy) is 2. The number of hydrogen-bond acceptors (Lipinski definition) is 6. The molecule has 6 heteroatoms. The van der Waals surface area contributed by atoms with E-state index in [9.17, 15) is 0 Å². The van der Waals surface area contributed by atoms with E-state index in [0.29, 0.717) is 18.4 Å². The summed E-state index contributed by atoms with van der Waals surface area (Å²) in [7, 11) is 1.82. The Kier molecular flexibility index (Phi) is 4.03. The first-order valence-electron chi connectivity index (χ1n) is 7.02. The second-order valence-corrected chi connectivity index (χ2v) is 5.95. The fourth-order valence-corrected chi connectivity index (χ4v) is 3.25. The number of anilines is 1. The summed E-state index contributed by atoms with van der Waals surface area (Å²) in [4.78, 5) is 11.2. The van der Waals surface area contributed by atoms with Crippen molar-refractivity contribution in [2.24, 2.45) is 0 Å². The van der Waals surface area contributed by atoms with Gasteiger partial charge in [0.05, 0.1) is 11.5 Å². The maximum atomic E-state index is 5.89. The van der Waals surface area contributed by atoms with Crippen molar-refractivity contribution in [2.45, 2.75) is 32.3 Å². The molecule has 5 nitrogen and oxygen atoms in total. The molecule has 1 N–H and O–H groups in total. The SMILES string of the molecule is CCc1cc2c(OCC3CCCO3)nc(NC)nc2s1. The maximum absolute atomic E-state index is 5.89. The maximum Gasteiger partial charge on any atom is 0.227 e. The first kappa shape index (κ1) is 13.6. The van der Waals surface area contributed by atoms with Crippen LogP contribution in [0.25, 0.3) is 10.2 Å². The zero-order valence-corrected chi connectivity index (χ0v) is 12.6. The average molecular weight is 293 g/mol. The Morgan fingerprint density at radius 1 is 1.50 bits per heavy atom. The van der Waals surface area contributed by atoms with Gasteiger partial charge in [0.15, 0.2) is 0 Å². The minimum atomic E-state index is 0.197. The zero-order chi connectivity index (χ0) is 13.9. The summed E-state index contributed by atoms with van der Waals surface area (Å²) in [5, 5.41) is 3.99. The van der Waals surface area contributed by atoms with Crippen LogP contribution >= 0.6 is 11.3 Å². The van der Waals surface area contributed by atoms with E-state index in [4.69, 9.17) is 9.47 Å². The summed E-state index contributed by atoms with van der Waals surface area (Å²) in [5.74, 6) is 1.26. The summed E-state index contributed by atoms with van der Waals surface area (Å²) >= 11 is 1.70. The minimum Gasteiger partial charge on any atom is -0.474 e. The smallest absolute Gasteiger partial charge is 0.227 e. The van der Waals surface area contributed by atoms with Crippen LogP contribution < -0.4 is 10.1 Å². The van der Waals surface area contributed by atoms with Crippen molar-refractivity contribution < 1.29 is 9.47 Å². The molecule has 0 bridgehead atoms. The van der Waals surface area contributed by atoms with Crippen LogP contribution in [-0.4, -0.2) is 36.3 Å². The molecule has 0 amide bonds. The van der Waals surface area contributed by atoms with Crippen molar-refractivity contribution in [1.29, 1.82) is 0 Å². The van der Waals surface area contributed by atoms with Crippen LogP contribution in [0.15, 0.2) is 6.07 Å². The molecule has 20 heavy (non-hydrogen) atoms. The number of nitrogens with one attached hydrogen (secondary N) is 1. The highest BCUT2D eigenvalue weighted by molar-refractivity contribution is 7.18. The van der Waals surface area contributed by atoms with Crippen molar-refractivity contribution in [3.05, 3.63) is 10.9 Å². The van der Waals surface area contributed by atoms with Crippen molar-refractivity contribution in [1.82, 2.24) is 9.97 Å². The van der Waals surface area contributed by atoms with Gasteiger partial charge in [-0.2, -0.15) is 4.98 Å². The number of aryl methyl sites for hydroxylation is 1. The summed E-state index contributed by atoms with van der Waals surface area (Å²) in [6.07, 6.45) is 3.38. The molecule has 1 saturated heterocycles. The summed E-state index contributed by atoms with van der Waals surface area (Å²) in [6, 6.07) is 2.13. The van der Waals surface area contributed by atoms with Gasteiger partial charge in [-0.3, -0.25) is 0 Å². The predicted octanol–water partition coefficient (Wildman–Crippen LogP) is 2.85. The van der Waals surface area contributed by atoms with E-state index >= 15 is 0 Å². The van der Waals surface area contributed by atoms with Gasteiger partial charge in [0.25, 0.3) is 0 Å². The van der Waals surface area contributed by atoms with Crippen LogP contribution in [0.2, 0.25) is 0 Å². The lowest BCUT2D eigenvalue weighted by molar-refractivity contribution is 0.0669. The quantitative estimate of drug-likeness (QED) is 0.918. The molecule has 0 spiro atoms. The van der Waals surface area contributed by atoms with Gasteiger partial charge in [-0.15, -0.1) is 11.3 Å². The molecule has 1 unspecified atom stereocenters. The fourth-order valence-electron chi connectivity index (χ4n) is 2.29. The predicted molar refractivity (Wildman–Crippen MR) is 80.8 cm³/mol. The van der Waals surface area contributed by atoms with E-state index in [-0.39, 0.29) is 6.10 Å². The normalized spacial score (nSPS) is 18.6. The number of fused-ring (bicyclic) bond motifs is 1. The second kappa shape index (κ2) is 5.93. The lowest BCUT2D eigenvalue weighted by atomic mass is 10.2. The van der Waals surface area contributed by atoms with E-state index in [1.165, 1.54) is 4.88 Å². The molecule has 3 heterocycles. The molecule has 1 fully saturated rings. The van der Waals surface area contributed by atoms with Crippen molar-refractivity contribution >= 4 is 27.5 Å². The average Bonchev–Trinajstić information content (AvgIpc) is 3.12. The molecule has 3 rings (SSSR count). The van der Waals surface area contributed by atoms with E-state index < -0.39 is 0 Å². The van der Waals surface area contributed by atoms with Crippen LogP contribution in [0.5, 0.6) is 5.88 Å². The van der Waals surface area contributed by atoms with Crippen LogP contribution in [0, 0.1) is 0 Å². The lowest BCUT2D eigenvalue weighted by Crippen LogP contribution is -2.17. The first-order valence-corrected chi connectivity index (χ1v) is 7.84. The Bertz CT molecular complexity index is 593. The molecular weight excluding hydrogens is 274 g/mol. The van der Waals surface area contributed by atoms with Gasteiger partial charge in [0, 0.05) is 18.5 Å². The van der Waals surface area contributed by atoms with Crippen LogP contribution in [0.1, 0.15) is 24.6 Å². The summed E-state index contributed by atoms with van der Waals surface area (Å²) < 4.78 is 11.5. The van der Waals surface area contributed by atoms with Crippen LogP contribution in [-0.2, 0) is 11.2 Å². The zero-order valence-electron chi connectivity index (χ0n) is 11.8. The van der Waals surface area contributed by atoms with Crippen LogP contribution in [0.4, 0.5) is 5.95 Å². The van der Waals surface area contributed by atoms with Gasteiger partial charge < -0.3 is 14.8 Å². The van der Waals surface area contributed by atoms with Gasteiger partial charge in [0.1, 0.15) is 11.4 Å². The third-order valence-electron chi connectivity index (χ3n) is 3.41. The summed E-state index contributed by atoms with van der Waals surface area (Å²) in [5.41, 5.74) is 0. The van der Waals surface area contributed by atoms with Gasteiger partial charge >= 0.3 is 0 Å². The second-order valence-electron chi connectivity index (χ2n) is 4.83. The Morgan fingerprint density at radius 3 is 3.10 bits per heavy atom. The van der Waals surface area contributed by atoms with Gasteiger partial charge in [0.2, 0.25) is 11.8 Å². The number of hydrogen-bond donors (Lipinski definition) is 1. The highest BCUT2D eigenvalue weighted by Gasteiger charge is 2.18. The summed E-state index contributed by atoms with van der Waals surface area (Å²) in [6.45, 7) is 3.55. The monoisotopic (exact) mass is 293 g/mol. The Balaban J connectivity index is 1.87. The lowest BCUT2D eigenvalue weighted by Gasteiger charge is -2.12. The van der Waals surface area contributed by atoms with Crippen LogP contribution in [0.3, 0.4) is 0 Å². The molecule has 0 saturated carbocycles. The topological polar surface area (TPSA) is 56.3 Å². The molecule has 1 aliphatic rings. The van der Waals surface area contributed by atoms with Crippen molar-refractivity contribution in [3.63, 3.8) is 0 Å². The number of rotatable bonds is 5. The molecule has 2 aromatic rings. The molecule has 0 aromatic carbocycles. The van der Waals surface area contributed by atoms with Crippen molar-refractivity contribution in [2.75, 3.05) is 25.6 Å². The van der Waals surface area contributed by atoms with Gasteiger partial charge in [-0.25, -0.2) is 4.98 Å². The third-order valence-corrected chi connectivity index (χ3v) is 4.58. The highest BCUT2D eigenvalue weighted by Crippen LogP contribution is 2.32. The number of nitrogens with zero attached hydrogens (tertiary/aromatic N) is 2. The van der Waals surface area contributed by atoms with Gasteiger partial charge in [-0.05, 0) is 25.3 Å². The van der Waals surface area contributed by atoms with E-state index in [1.54, 1.807) is 11.3 Å². The Labute approximate surface area is 122 Å². The molecule has 0 aliphatic carbocycles. The number of aromatic nitrogens is 2. The minimum absolute atomic E-state index is 0.197. The molecule has 0 radical (unpaired) electrons. The van der Waals surface area contributed by atoms with Crippen molar-refractivity contribution in [3.8, 4) is 5.88 Å². The van der Waals surface area contributed by atoms with E-state index in [2.05, 4.69) is 28.3 Å². The molecule has 2 aromatic heterocycles. The standard InChI is InChI=1S/C14H19N3O2S/c1-3-10-7-11-12(19-8-9-5-4-6-18-9)16-14(15-2)17-13(11)20-10/h7,9H,3-6,8H2,1-2H3,(H,15,16,17). The molecule has 108 valence electrons. The Morgan fingerprint density at radius 2 is 2.40 bits per heavy atom. The third kappa shape index (κ3) is 2.71. The first-order chi connectivity index (χ1) is 9.80. The van der Waals surface area contributed by atoms with E-state index in [1.807, 2.05) is 7.05 Å². The molecule has 1 atom stereocenters. The van der Waals surface area contributed by atoms with Gasteiger partial charge in [-0.1, -0.05) is 6.92 Å². The molecule has 1 aliphatic heterocycles. The largest absolute Gasteiger partial charge is 0.474 e. The molecular formula is C14H19N3O2S.